The van der Waals surface area contributed by atoms with Gasteiger partial charge in [-0.05, 0) is 25.8 Å². The first-order valence-electron chi connectivity index (χ1n) is 4.80. The summed E-state index contributed by atoms with van der Waals surface area (Å²) in [7, 11) is 1.60. The summed E-state index contributed by atoms with van der Waals surface area (Å²) in [6, 6.07) is 1.26. The maximum absolute atomic E-state index is 5.09. The van der Waals surface area contributed by atoms with Gasteiger partial charge >= 0.3 is 0 Å². The Kier molecular flexibility index (Phi) is 8.83. The van der Waals surface area contributed by atoms with Crippen molar-refractivity contribution in [3.05, 3.63) is 0 Å². The molecule has 0 saturated carbocycles. The van der Waals surface area contributed by atoms with Gasteiger partial charge in [0.2, 0.25) is 0 Å². The van der Waals surface area contributed by atoms with Crippen molar-refractivity contribution in [3.63, 3.8) is 0 Å². The van der Waals surface area contributed by atoms with E-state index in [9.17, 15) is 0 Å². The summed E-state index contributed by atoms with van der Waals surface area (Å²) in [5, 5.41) is 0. The van der Waals surface area contributed by atoms with Crippen LogP contribution in [0.15, 0.2) is 4.99 Å². The highest BCUT2D eigenvalue weighted by Gasteiger charge is 1.89. The number of hydrogen-bond donors (Lipinski definition) is 0. The van der Waals surface area contributed by atoms with Crippen molar-refractivity contribution >= 4 is 15.5 Å². The van der Waals surface area contributed by atoms with E-state index in [1.54, 1.807) is 7.11 Å². The Hall–Kier alpha value is -0.153. The molecule has 72 valence electrons. The SMILES string of the molecule is CCCC(C)=NCCC[SiH2]OC. The second-order valence-electron chi connectivity index (χ2n) is 3.07. The topological polar surface area (TPSA) is 21.6 Å². The van der Waals surface area contributed by atoms with Gasteiger partial charge in [0.05, 0.1) is 0 Å². The van der Waals surface area contributed by atoms with E-state index in [2.05, 4.69) is 18.8 Å². The first-order chi connectivity index (χ1) is 5.81. The van der Waals surface area contributed by atoms with Crippen molar-refractivity contribution in [3.8, 4) is 0 Å². The van der Waals surface area contributed by atoms with E-state index < -0.39 is 0 Å². The van der Waals surface area contributed by atoms with Crippen molar-refractivity contribution in [2.45, 2.75) is 39.2 Å². The predicted molar refractivity (Wildman–Crippen MR) is 57.9 cm³/mol. The van der Waals surface area contributed by atoms with Crippen LogP contribution in [0.25, 0.3) is 0 Å². The molecule has 3 heteroatoms. The van der Waals surface area contributed by atoms with Crippen molar-refractivity contribution in [1.29, 1.82) is 0 Å². The zero-order valence-corrected chi connectivity index (χ0v) is 10.0. The maximum atomic E-state index is 5.09. The van der Waals surface area contributed by atoms with Gasteiger partial charge in [-0.3, -0.25) is 4.99 Å². The Labute approximate surface area is 78.4 Å². The zero-order valence-electron chi connectivity index (χ0n) is 8.60. The second-order valence-corrected chi connectivity index (χ2v) is 4.76. The molecule has 0 aliphatic heterocycles. The minimum atomic E-state index is -0.204. The third kappa shape index (κ3) is 7.95. The molecule has 0 unspecified atom stereocenters. The van der Waals surface area contributed by atoms with Gasteiger partial charge in [0, 0.05) is 19.4 Å². The van der Waals surface area contributed by atoms with Crippen molar-refractivity contribution in [2.24, 2.45) is 4.99 Å². The van der Waals surface area contributed by atoms with Crippen LogP contribution in [0.2, 0.25) is 6.04 Å². The lowest BCUT2D eigenvalue weighted by Gasteiger charge is -1.98. The Balaban J connectivity index is 3.21. The molecule has 0 atom stereocenters. The molecule has 0 aromatic heterocycles. The molecule has 12 heavy (non-hydrogen) atoms. The van der Waals surface area contributed by atoms with E-state index in [4.69, 9.17) is 4.43 Å². The lowest BCUT2D eigenvalue weighted by atomic mass is 10.2. The van der Waals surface area contributed by atoms with Crippen molar-refractivity contribution in [2.75, 3.05) is 13.7 Å². The van der Waals surface area contributed by atoms with Crippen LogP contribution in [0.5, 0.6) is 0 Å². The summed E-state index contributed by atoms with van der Waals surface area (Å²) in [4.78, 5) is 4.47. The Morgan fingerprint density at radius 2 is 2.25 bits per heavy atom. The van der Waals surface area contributed by atoms with Gasteiger partial charge in [0.15, 0.2) is 9.76 Å². The molecule has 0 aromatic carbocycles. The van der Waals surface area contributed by atoms with E-state index >= 15 is 0 Å². The Bertz CT molecular complexity index is 126. The van der Waals surface area contributed by atoms with E-state index in [1.807, 2.05) is 0 Å². The number of nitrogens with zero attached hydrogens (tertiary/aromatic N) is 1. The monoisotopic (exact) mass is 187 g/mol. The molecule has 0 bridgehead atoms. The van der Waals surface area contributed by atoms with E-state index in [0.29, 0.717) is 0 Å². The summed E-state index contributed by atoms with van der Waals surface area (Å²) in [6.45, 7) is 5.32. The van der Waals surface area contributed by atoms with Crippen LogP contribution in [-0.4, -0.2) is 29.1 Å². The molecule has 0 fully saturated rings. The third-order valence-electron chi connectivity index (χ3n) is 1.75. The average Bonchev–Trinajstić information content (AvgIpc) is 2.05. The normalized spacial score (nSPS) is 13.1. The van der Waals surface area contributed by atoms with Gasteiger partial charge in [-0.25, -0.2) is 0 Å². The first-order valence-corrected chi connectivity index (χ1v) is 6.37. The van der Waals surface area contributed by atoms with E-state index in [-0.39, 0.29) is 9.76 Å². The van der Waals surface area contributed by atoms with Crippen LogP contribution in [0.3, 0.4) is 0 Å². The minimum absolute atomic E-state index is 0.204. The first kappa shape index (κ1) is 11.8. The number of hydrogen-bond acceptors (Lipinski definition) is 2. The van der Waals surface area contributed by atoms with Gasteiger partial charge in [0.25, 0.3) is 0 Å². The predicted octanol–water partition coefficient (Wildman–Crippen LogP) is 1.79. The standard InChI is InChI=1S/C9H21NOSi/c1-4-6-9(2)10-7-5-8-12-11-3/h4-8,12H2,1-3H3. The molecule has 0 amide bonds. The Morgan fingerprint density at radius 1 is 1.50 bits per heavy atom. The molecule has 0 N–H and O–H groups in total. The fourth-order valence-electron chi connectivity index (χ4n) is 1.07. The zero-order chi connectivity index (χ0) is 9.23. The molecule has 0 aromatic rings. The van der Waals surface area contributed by atoms with E-state index in [1.165, 1.54) is 24.6 Å². The fraction of sp³-hybridized carbons (Fsp3) is 0.889. The van der Waals surface area contributed by atoms with Crippen molar-refractivity contribution < 1.29 is 4.43 Å². The molecule has 2 nitrogen and oxygen atoms in total. The van der Waals surface area contributed by atoms with Gasteiger partial charge < -0.3 is 4.43 Å². The van der Waals surface area contributed by atoms with Gasteiger partial charge in [0.1, 0.15) is 0 Å². The summed E-state index contributed by atoms with van der Waals surface area (Å²) in [5.74, 6) is 0. The van der Waals surface area contributed by atoms with Crippen LogP contribution in [0.1, 0.15) is 33.1 Å². The summed E-state index contributed by atoms with van der Waals surface area (Å²) >= 11 is 0. The van der Waals surface area contributed by atoms with Gasteiger partial charge in [-0.15, -0.1) is 0 Å². The molecule has 0 radical (unpaired) electrons. The average molecular weight is 187 g/mol. The molecule has 0 aliphatic carbocycles. The smallest absolute Gasteiger partial charge is 0.161 e. The van der Waals surface area contributed by atoms with Gasteiger partial charge in [-0.2, -0.15) is 0 Å². The Morgan fingerprint density at radius 3 is 2.83 bits per heavy atom. The molecular weight excluding hydrogens is 166 g/mol. The highest BCUT2D eigenvalue weighted by atomic mass is 28.2. The fourth-order valence-corrected chi connectivity index (χ4v) is 1.79. The molecule has 0 aliphatic rings. The quantitative estimate of drug-likeness (QED) is 0.338. The number of rotatable bonds is 7. The molecule has 0 spiro atoms. The lowest BCUT2D eigenvalue weighted by molar-refractivity contribution is 0.440. The second kappa shape index (κ2) is 8.94. The van der Waals surface area contributed by atoms with Gasteiger partial charge in [-0.1, -0.05) is 13.3 Å². The van der Waals surface area contributed by atoms with E-state index in [0.717, 1.165) is 13.0 Å². The van der Waals surface area contributed by atoms with Crippen LogP contribution >= 0.6 is 0 Å². The molecular formula is C9H21NOSi. The summed E-state index contributed by atoms with van der Waals surface area (Å²) in [6.07, 6.45) is 3.57. The highest BCUT2D eigenvalue weighted by Crippen LogP contribution is 1.94. The molecule has 0 saturated heterocycles. The largest absolute Gasteiger partial charge is 0.427 e. The summed E-state index contributed by atoms with van der Waals surface area (Å²) < 4.78 is 5.09. The van der Waals surface area contributed by atoms with Crippen LogP contribution in [0.4, 0.5) is 0 Å². The van der Waals surface area contributed by atoms with Crippen molar-refractivity contribution in [1.82, 2.24) is 0 Å². The summed E-state index contributed by atoms with van der Waals surface area (Å²) in [5.41, 5.74) is 1.30. The maximum Gasteiger partial charge on any atom is 0.161 e. The highest BCUT2D eigenvalue weighted by molar-refractivity contribution is 6.26. The van der Waals surface area contributed by atoms with Crippen LogP contribution in [-0.2, 0) is 4.43 Å². The molecule has 0 rings (SSSR count). The van der Waals surface area contributed by atoms with Crippen LogP contribution in [0, 0.1) is 0 Å². The lowest BCUT2D eigenvalue weighted by Crippen LogP contribution is -1.96. The number of aliphatic imine (C=N–C) groups is 1. The minimum Gasteiger partial charge on any atom is -0.427 e. The van der Waals surface area contributed by atoms with Crippen LogP contribution < -0.4 is 0 Å². The third-order valence-corrected chi connectivity index (χ3v) is 2.95. The molecule has 0 heterocycles.